The maximum absolute atomic E-state index is 13.1. The van der Waals surface area contributed by atoms with Crippen molar-refractivity contribution in [2.75, 3.05) is 7.05 Å². The van der Waals surface area contributed by atoms with Gasteiger partial charge in [-0.2, -0.15) is 13.2 Å². The molecule has 1 N–H and O–H groups in total. The van der Waals surface area contributed by atoms with Gasteiger partial charge in [-0.05, 0) is 48.2 Å². The highest BCUT2D eigenvalue weighted by Gasteiger charge is 2.37. The summed E-state index contributed by atoms with van der Waals surface area (Å²) in [4.78, 5) is 13.1. The quantitative estimate of drug-likeness (QED) is 0.612. The lowest BCUT2D eigenvalue weighted by atomic mass is 9.95. The third-order valence-corrected chi connectivity index (χ3v) is 6.70. The van der Waals surface area contributed by atoms with Gasteiger partial charge in [0.25, 0.3) is 0 Å². The molecule has 1 unspecified atom stereocenters. The lowest BCUT2D eigenvalue weighted by Gasteiger charge is -2.14. The average molecular weight is 446 g/mol. The molecule has 2 aromatic rings. The molecule has 0 fully saturated rings. The Hall–Kier alpha value is -1.63. The van der Waals surface area contributed by atoms with Crippen LogP contribution >= 0.6 is 35.0 Å². The zero-order valence-electron chi connectivity index (χ0n) is 15.0. The van der Waals surface area contributed by atoms with Crippen LogP contribution in [-0.4, -0.2) is 18.1 Å². The Balaban J connectivity index is 1.95. The van der Waals surface area contributed by atoms with Gasteiger partial charge in [0, 0.05) is 7.05 Å². The van der Waals surface area contributed by atoms with E-state index in [0.717, 1.165) is 23.3 Å². The number of ketones is 1. The second-order valence-corrected chi connectivity index (χ2v) is 8.36. The summed E-state index contributed by atoms with van der Waals surface area (Å²) < 4.78 is 39.2. The minimum Gasteiger partial charge on any atom is -0.382 e. The smallest absolute Gasteiger partial charge is 0.382 e. The van der Waals surface area contributed by atoms with Gasteiger partial charge in [0.05, 0.1) is 31.5 Å². The van der Waals surface area contributed by atoms with Gasteiger partial charge in [0.2, 0.25) is 0 Å². The molecule has 1 atom stereocenters. The van der Waals surface area contributed by atoms with E-state index in [9.17, 15) is 18.0 Å². The molecule has 28 heavy (non-hydrogen) atoms. The number of Topliss-reactive ketones (excluding diaryl/α,β-unsaturated/α-hetero) is 1. The molecule has 0 aliphatic carbocycles. The minimum atomic E-state index is -4.48. The lowest BCUT2D eigenvalue weighted by molar-refractivity contribution is -0.137. The van der Waals surface area contributed by atoms with Gasteiger partial charge in [0.15, 0.2) is 5.78 Å². The van der Waals surface area contributed by atoms with Gasteiger partial charge < -0.3 is 5.32 Å². The number of carbonyl (C=O) groups excluding carboxylic acids is 1. The lowest BCUT2D eigenvalue weighted by Crippen LogP contribution is -2.17. The van der Waals surface area contributed by atoms with E-state index in [2.05, 4.69) is 5.32 Å². The van der Waals surface area contributed by atoms with Crippen molar-refractivity contribution < 1.29 is 18.0 Å². The number of hydrogen-bond donors (Lipinski definition) is 1. The number of thioether (sulfide) groups is 1. The molecule has 1 aliphatic rings. The van der Waals surface area contributed by atoms with Crippen molar-refractivity contribution in [1.29, 1.82) is 0 Å². The normalized spacial score (nSPS) is 17.4. The molecular weight excluding hydrogens is 430 g/mol. The Kier molecular flexibility index (Phi) is 6.03. The van der Waals surface area contributed by atoms with Gasteiger partial charge in [-0.15, -0.1) is 0 Å². The average Bonchev–Trinajstić information content (AvgIpc) is 2.97. The summed E-state index contributed by atoms with van der Waals surface area (Å²) in [6.45, 7) is 1.88. The van der Waals surface area contributed by atoms with Crippen molar-refractivity contribution in [1.82, 2.24) is 5.32 Å². The molecule has 2 nitrogen and oxygen atoms in total. The van der Waals surface area contributed by atoms with Crippen LogP contribution < -0.4 is 5.32 Å². The fraction of sp³-hybridized carbons (Fsp3) is 0.250. The molecule has 0 saturated heterocycles. The van der Waals surface area contributed by atoms with Crippen LogP contribution in [0.1, 0.15) is 22.3 Å². The summed E-state index contributed by atoms with van der Waals surface area (Å²) in [6, 6.07) is 8.33. The Bertz CT molecular complexity index is 972. The molecule has 0 radical (unpaired) electrons. The first kappa shape index (κ1) is 21.1. The molecule has 8 heteroatoms. The Morgan fingerprint density at radius 2 is 1.89 bits per heavy atom. The van der Waals surface area contributed by atoms with E-state index in [-0.39, 0.29) is 16.9 Å². The fourth-order valence-corrected chi connectivity index (χ4v) is 4.78. The van der Waals surface area contributed by atoms with Crippen molar-refractivity contribution in [3.63, 3.8) is 0 Å². The number of allylic oxidation sites excluding steroid dienone is 1. The van der Waals surface area contributed by atoms with Crippen LogP contribution in [0.15, 0.2) is 41.4 Å². The van der Waals surface area contributed by atoms with Crippen LogP contribution in [0, 0.1) is 6.92 Å². The number of alkyl halides is 3. The first-order valence-corrected chi connectivity index (χ1v) is 10.0. The second-order valence-electron chi connectivity index (χ2n) is 6.36. The van der Waals surface area contributed by atoms with E-state index >= 15 is 0 Å². The van der Waals surface area contributed by atoms with E-state index in [4.69, 9.17) is 23.2 Å². The van der Waals surface area contributed by atoms with Crippen molar-refractivity contribution in [2.24, 2.45) is 0 Å². The van der Waals surface area contributed by atoms with E-state index in [1.807, 2.05) is 13.0 Å². The van der Waals surface area contributed by atoms with Gasteiger partial charge in [-0.3, -0.25) is 4.79 Å². The molecule has 3 rings (SSSR count). The number of benzene rings is 2. The van der Waals surface area contributed by atoms with Gasteiger partial charge in [-0.1, -0.05) is 53.2 Å². The zero-order chi connectivity index (χ0) is 20.6. The molecule has 1 aliphatic heterocycles. The monoisotopic (exact) mass is 445 g/mol. The van der Waals surface area contributed by atoms with Crippen molar-refractivity contribution in [2.45, 2.75) is 24.8 Å². The van der Waals surface area contributed by atoms with Gasteiger partial charge in [-0.25, -0.2) is 0 Å². The van der Waals surface area contributed by atoms with Crippen LogP contribution in [0.3, 0.4) is 0 Å². The number of halogens is 5. The highest BCUT2D eigenvalue weighted by atomic mass is 35.5. The van der Waals surface area contributed by atoms with Crippen molar-refractivity contribution in [3.8, 4) is 0 Å². The summed E-state index contributed by atoms with van der Waals surface area (Å²) in [5, 5.41) is 3.78. The maximum Gasteiger partial charge on any atom is 0.416 e. The van der Waals surface area contributed by atoms with E-state index < -0.39 is 17.0 Å². The first-order valence-electron chi connectivity index (χ1n) is 8.37. The maximum atomic E-state index is 13.1. The zero-order valence-corrected chi connectivity index (χ0v) is 17.3. The highest BCUT2D eigenvalue weighted by Crippen LogP contribution is 2.42. The summed E-state index contributed by atoms with van der Waals surface area (Å²) in [5.41, 5.74) is 1.39. The Labute approximate surface area is 175 Å². The van der Waals surface area contributed by atoms with E-state index in [0.29, 0.717) is 21.5 Å². The predicted molar refractivity (Wildman–Crippen MR) is 109 cm³/mol. The third-order valence-electron chi connectivity index (χ3n) is 4.55. The van der Waals surface area contributed by atoms with Crippen molar-refractivity contribution in [3.05, 3.63) is 73.7 Å². The Morgan fingerprint density at radius 3 is 2.54 bits per heavy atom. The molecule has 148 valence electrons. The fourth-order valence-electron chi connectivity index (χ4n) is 3.10. The van der Waals surface area contributed by atoms with Crippen LogP contribution in [0.25, 0.3) is 5.57 Å². The summed E-state index contributed by atoms with van der Waals surface area (Å²) in [7, 11) is 1.64. The molecular formula is C20H16Cl2F3NOS. The number of hydrogen-bond acceptors (Lipinski definition) is 3. The largest absolute Gasteiger partial charge is 0.416 e. The van der Waals surface area contributed by atoms with Crippen LogP contribution in [0.5, 0.6) is 0 Å². The molecule has 0 saturated carbocycles. The van der Waals surface area contributed by atoms with Crippen LogP contribution in [-0.2, 0) is 17.4 Å². The SMILES string of the molecule is CNC1=C(c2cccc(C(F)(F)F)c2)C(=O)C(Cc2c(C)ccc(Cl)c2Cl)S1. The molecule has 1 heterocycles. The minimum absolute atomic E-state index is 0.232. The number of carbonyl (C=O) groups is 1. The topological polar surface area (TPSA) is 29.1 Å². The summed E-state index contributed by atoms with van der Waals surface area (Å²) >= 11 is 13.7. The highest BCUT2D eigenvalue weighted by molar-refractivity contribution is 8.05. The molecule has 0 spiro atoms. The molecule has 0 bridgehead atoms. The molecule has 0 amide bonds. The van der Waals surface area contributed by atoms with E-state index in [1.54, 1.807) is 13.1 Å². The second kappa shape index (κ2) is 8.01. The van der Waals surface area contributed by atoms with Crippen molar-refractivity contribution >= 4 is 46.3 Å². The standard InChI is InChI=1S/C20H16Cl2F3NOS/c1-10-6-7-14(21)17(22)13(10)9-15-18(27)16(19(26-2)28-15)11-4-3-5-12(8-11)20(23,24)25/h3-8,15,26H,9H2,1-2H3. The number of aryl methyl sites for hydroxylation is 1. The number of rotatable bonds is 4. The van der Waals surface area contributed by atoms with Gasteiger partial charge >= 0.3 is 6.18 Å². The Morgan fingerprint density at radius 1 is 1.18 bits per heavy atom. The molecule has 2 aromatic carbocycles. The summed E-state index contributed by atoms with van der Waals surface area (Å²) in [5.74, 6) is -0.232. The number of nitrogens with one attached hydrogen (secondary N) is 1. The summed E-state index contributed by atoms with van der Waals surface area (Å²) in [6.07, 6.45) is -4.14. The van der Waals surface area contributed by atoms with Gasteiger partial charge in [0.1, 0.15) is 0 Å². The van der Waals surface area contributed by atoms with Crippen LogP contribution in [0.4, 0.5) is 13.2 Å². The predicted octanol–water partition coefficient (Wildman–Crippen LogP) is 6.14. The van der Waals surface area contributed by atoms with E-state index in [1.165, 1.54) is 23.9 Å². The third kappa shape index (κ3) is 4.04. The van der Waals surface area contributed by atoms with Crippen LogP contribution in [0.2, 0.25) is 10.0 Å². The molecule has 0 aromatic heterocycles. The first-order chi connectivity index (χ1) is 13.1.